The number of carboxylic acid groups (broad SMARTS) is 1. The highest BCUT2D eigenvalue weighted by molar-refractivity contribution is 5.87. The van der Waals surface area contributed by atoms with Crippen LogP contribution in [0.5, 0.6) is 11.5 Å². The lowest BCUT2D eigenvalue weighted by Gasteiger charge is -2.02. The van der Waals surface area contributed by atoms with Crippen molar-refractivity contribution in [2.24, 2.45) is 0 Å². The molecule has 2 rings (SSSR count). The minimum absolute atomic E-state index is 0.0901. The van der Waals surface area contributed by atoms with Crippen molar-refractivity contribution in [2.45, 2.75) is 6.18 Å². The van der Waals surface area contributed by atoms with Crippen LogP contribution in [0.1, 0.15) is 11.1 Å². The van der Waals surface area contributed by atoms with E-state index in [0.717, 1.165) is 12.1 Å². The van der Waals surface area contributed by atoms with E-state index in [1.54, 1.807) is 0 Å². The zero-order valence-electron chi connectivity index (χ0n) is 7.71. The molecule has 0 saturated heterocycles. The molecule has 0 bridgehead atoms. The SMILES string of the molecule is O=C(O)C=Cc1ccc(C(F)(F)F)c2c1O2. The maximum Gasteiger partial charge on any atom is 0.420 e. The van der Waals surface area contributed by atoms with Gasteiger partial charge in [-0.1, -0.05) is 6.07 Å². The summed E-state index contributed by atoms with van der Waals surface area (Å²) in [6, 6.07) is 2.04. The van der Waals surface area contributed by atoms with Gasteiger partial charge < -0.3 is 9.84 Å². The van der Waals surface area contributed by atoms with E-state index in [0.29, 0.717) is 5.56 Å². The van der Waals surface area contributed by atoms with Crippen LogP contribution in [0, 0.1) is 0 Å². The lowest BCUT2D eigenvalue weighted by molar-refractivity contribution is -0.137. The van der Waals surface area contributed by atoms with Crippen LogP contribution in [0.4, 0.5) is 13.2 Å². The molecule has 6 heteroatoms. The van der Waals surface area contributed by atoms with Crippen LogP contribution in [-0.4, -0.2) is 11.1 Å². The largest absolute Gasteiger partial charge is 0.478 e. The smallest absolute Gasteiger partial charge is 0.420 e. The van der Waals surface area contributed by atoms with Gasteiger partial charge in [-0.3, -0.25) is 0 Å². The molecule has 1 aromatic rings. The Balaban J connectivity index is 2.33. The van der Waals surface area contributed by atoms with Crippen molar-refractivity contribution in [1.29, 1.82) is 0 Å². The van der Waals surface area contributed by atoms with Gasteiger partial charge in [-0.05, 0) is 12.1 Å². The highest BCUT2D eigenvalue weighted by Crippen LogP contribution is 2.55. The Kier molecular flexibility index (Phi) is 2.15. The topological polar surface area (TPSA) is 49.8 Å². The van der Waals surface area contributed by atoms with Gasteiger partial charge in [-0.2, -0.15) is 13.2 Å². The number of carboxylic acids is 1. The van der Waals surface area contributed by atoms with E-state index in [-0.39, 0.29) is 11.5 Å². The zero-order valence-corrected chi connectivity index (χ0v) is 7.71. The number of halogens is 3. The molecule has 1 aliphatic rings. The van der Waals surface area contributed by atoms with Crippen LogP contribution < -0.4 is 4.74 Å². The molecule has 1 aliphatic heterocycles. The van der Waals surface area contributed by atoms with Gasteiger partial charge in [0.05, 0.1) is 0 Å². The second-order valence-corrected chi connectivity index (χ2v) is 3.13. The number of aliphatic carboxylic acids is 1. The highest BCUT2D eigenvalue weighted by atomic mass is 19.4. The summed E-state index contributed by atoms with van der Waals surface area (Å²) in [5.74, 6) is -1.30. The van der Waals surface area contributed by atoms with Gasteiger partial charge in [0.25, 0.3) is 0 Å². The number of fused-ring (bicyclic) bond motifs is 1. The average molecular weight is 230 g/mol. The lowest BCUT2D eigenvalue weighted by atomic mass is 10.1. The molecule has 0 radical (unpaired) electrons. The first kappa shape index (κ1) is 10.5. The summed E-state index contributed by atoms with van der Waals surface area (Å²) in [5.41, 5.74) is -0.514. The quantitative estimate of drug-likeness (QED) is 0.637. The molecule has 0 aliphatic carbocycles. The highest BCUT2D eigenvalue weighted by Gasteiger charge is 2.41. The fourth-order valence-electron chi connectivity index (χ4n) is 1.28. The van der Waals surface area contributed by atoms with Crippen LogP contribution in [0.25, 0.3) is 6.08 Å². The van der Waals surface area contributed by atoms with Crippen molar-refractivity contribution >= 4 is 12.0 Å². The number of alkyl halides is 3. The second kappa shape index (κ2) is 3.26. The molecule has 3 nitrogen and oxygen atoms in total. The standard InChI is InChI=1S/C10H5F3O3/c11-10(12,13)6-3-1-5(2-4-7(14)15)8-9(6)16-8/h1-4H,(H,14,15). The summed E-state index contributed by atoms with van der Waals surface area (Å²) in [6.07, 6.45) is -2.42. The monoisotopic (exact) mass is 230 g/mol. The number of carbonyl (C=O) groups is 1. The molecule has 0 aromatic heterocycles. The fraction of sp³-hybridized carbons (Fsp3) is 0.100. The van der Waals surface area contributed by atoms with Crippen LogP contribution in [0.3, 0.4) is 0 Å². The fourth-order valence-corrected chi connectivity index (χ4v) is 1.28. The molecule has 0 fully saturated rings. The first-order valence-corrected chi connectivity index (χ1v) is 4.22. The van der Waals surface area contributed by atoms with Gasteiger partial charge in [-0.15, -0.1) is 0 Å². The molecule has 16 heavy (non-hydrogen) atoms. The van der Waals surface area contributed by atoms with Crippen LogP contribution in [-0.2, 0) is 11.0 Å². The first-order chi connectivity index (χ1) is 7.39. The molecule has 84 valence electrons. The van der Waals surface area contributed by atoms with Gasteiger partial charge in [-0.25, -0.2) is 4.79 Å². The molecule has 1 N–H and O–H groups in total. The Morgan fingerprint density at radius 2 is 2.00 bits per heavy atom. The van der Waals surface area contributed by atoms with Gasteiger partial charge >= 0.3 is 12.1 Å². The van der Waals surface area contributed by atoms with E-state index in [2.05, 4.69) is 0 Å². The maximum absolute atomic E-state index is 12.3. The average Bonchev–Trinajstić information content (AvgIpc) is 2.90. The molecule has 1 heterocycles. The predicted molar refractivity (Wildman–Crippen MR) is 48.2 cm³/mol. The van der Waals surface area contributed by atoms with Crippen molar-refractivity contribution in [2.75, 3.05) is 0 Å². The zero-order chi connectivity index (χ0) is 11.9. The maximum atomic E-state index is 12.3. The minimum atomic E-state index is -4.45. The van der Waals surface area contributed by atoms with Gasteiger partial charge in [0, 0.05) is 11.6 Å². The minimum Gasteiger partial charge on any atom is -0.478 e. The number of hydrogen-bond donors (Lipinski definition) is 1. The lowest BCUT2D eigenvalue weighted by Crippen LogP contribution is -2.02. The summed E-state index contributed by atoms with van der Waals surface area (Å²) in [5, 5.41) is 8.36. The molecular formula is C10H5F3O3. The summed E-state index contributed by atoms with van der Waals surface area (Å²) in [7, 11) is 0. The Morgan fingerprint density at radius 1 is 1.31 bits per heavy atom. The van der Waals surface area contributed by atoms with Gasteiger partial charge in [0.15, 0.2) is 11.5 Å². The van der Waals surface area contributed by atoms with Crippen molar-refractivity contribution in [3.8, 4) is 11.5 Å². The Morgan fingerprint density at radius 3 is 2.56 bits per heavy atom. The third kappa shape index (κ3) is 1.86. The molecular weight excluding hydrogens is 225 g/mol. The van der Waals surface area contributed by atoms with Crippen molar-refractivity contribution in [3.63, 3.8) is 0 Å². The van der Waals surface area contributed by atoms with Crippen molar-refractivity contribution in [3.05, 3.63) is 29.3 Å². The summed E-state index contributed by atoms with van der Waals surface area (Å²) in [4.78, 5) is 10.2. The molecule has 0 atom stereocenters. The molecule has 0 saturated carbocycles. The second-order valence-electron chi connectivity index (χ2n) is 3.13. The summed E-state index contributed by atoms with van der Waals surface area (Å²) >= 11 is 0. The third-order valence-corrected chi connectivity index (χ3v) is 2.02. The van der Waals surface area contributed by atoms with Crippen molar-refractivity contribution in [1.82, 2.24) is 0 Å². The van der Waals surface area contributed by atoms with Crippen LogP contribution >= 0.6 is 0 Å². The van der Waals surface area contributed by atoms with E-state index in [4.69, 9.17) is 9.84 Å². The Bertz CT molecular complexity index is 489. The van der Waals surface area contributed by atoms with E-state index < -0.39 is 17.7 Å². The van der Waals surface area contributed by atoms with E-state index in [9.17, 15) is 18.0 Å². The number of benzene rings is 1. The van der Waals surface area contributed by atoms with E-state index >= 15 is 0 Å². The molecule has 0 spiro atoms. The Labute approximate surface area is 87.8 Å². The number of hydrogen-bond acceptors (Lipinski definition) is 2. The van der Waals surface area contributed by atoms with Gasteiger partial charge in [0.1, 0.15) is 5.56 Å². The van der Waals surface area contributed by atoms with Gasteiger partial charge in [0.2, 0.25) is 0 Å². The van der Waals surface area contributed by atoms with E-state index in [1.807, 2.05) is 0 Å². The first-order valence-electron chi connectivity index (χ1n) is 4.22. The predicted octanol–water partition coefficient (Wildman–Crippen LogP) is 2.91. The summed E-state index contributed by atoms with van der Waals surface area (Å²) < 4.78 is 41.7. The molecule has 0 amide bonds. The molecule has 0 unspecified atom stereocenters. The summed E-state index contributed by atoms with van der Waals surface area (Å²) in [6.45, 7) is 0. The Hall–Kier alpha value is -1.98. The van der Waals surface area contributed by atoms with E-state index in [1.165, 1.54) is 12.1 Å². The normalized spacial score (nSPS) is 13.4. The third-order valence-electron chi connectivity index (χ3n) is 2.02. The van der Waals surface area contributed by atoms with Crippen LogP contribution in [0.2, 0.25) is 0 Å². The van der Waals surface area contributed by atoms with Crippen molar-refractivity contribution < 1.29 is 27.8 Å². The van der Waals surface area contributed by atoms with Crippen LogP contribution in [0.15, 0.2) is 18.2 Å². The number of ether oxygens (including phenoxy) is 1. The number of rotatable bonds is 2. The molecule has 1 aromatic carbocycles.